The van der Waals surface area contributed by atoms with Crippen molar-refractivity contribution in [2.75, 3.05) is 51.7 Å². The van der Waals surface area contributed by atoms with E-state index in [1.165, 1.54) is 0 Å². The fourth-order valence-electron chi connectivity index (χ4n) is 4.18. The first-order valence-electron chi connectivity index (χ1n) is 10.3. The lowest BCUT2D eigenvalue weighted by Crippen LogP contribution is -2.64. The maximum atomic E-state index is 12.7. The number of piperazine rings is 1. The molecule has 1 atom stereocenters. The van der Waals surface area contributed by atoms with Gasteiger partial charge in [0.15, 0.2) is 0 Å². The van der Waals surface area contributed by atoms with E-state index in [-0.39, 0.29) is 17.2 Å². The maximum Gasteiger partial charge on any atom is 0.252 e. The largest absolute Gasteiger partial charge is 0.379 e. The lowest BCUT2D eigenvalue weighted by atomic mass is 9.89. The minimum absolute atomic E-state index is 0.180. The Morgan fingerprint density at radius 1 is 1.23 bits per heavy atom. The molecule has 30 heavy (non-hydrogen) atoms. The monoisotopic (exact) mass is 477 g/mol. The van der Waals surface area contributed by atoms with Gasteiger partial charge in [0, 0.05) is 44.4 Å². The number of nitrogens with one attached hydrogen (secondary N) is 1. The number of carbonyl (C=O) groups is 1. The minimum atomic E-state index is -3.20. The Labute approximate surface area is 188 Å². The van der Waals surface area contributed by atoms with Gasteiger partial charge in [0.1, 0.15) is 0 Å². The molecule has 0 saturated carbocycles. The van der Waals surface area contributed by atoms with E-state index >= 15 is 0 Å². The summed E-state index contributed by atoms with van der Waals surface area (Å²) in [6.07, 6.45) is 2.38. The van der Waals surface area contributed by atoms with E-state index in [1.54, 1.807) is 22.5 Å². The summed E-state index contributed by atoms with van der Waals surface area (Å²) >= 11 is 12.1. The van der Waals surface area contributed by atoms with Crippen LogP contribution >= 0.6 is 23.2 Å². The molecule has 2 aliphatic rings. The van der Waals surface area contributed by atoms with Crippen molar-refractivity contribution in [3.8, 4) is 0 Å². The SMILES string of the molecule is CCCS(=O)(=O)N1CCN(C2(CNC(=O)c3ccc(Cl)cc3Cl)CCCOC2)CC1. The maximum absolute atomic E-state index is 12.7. The zero-order chi connectivity index (χ0) is 21.8. The molecule has 1 amide bonds. The Bertz CT molecular complexity index is 852. The Morgan fingerprint density at radius 3 is 2.57 bits per heavy atom. The molecule has 2 aliphatic heterocycles. The van der Waals surface area contributed by atoms with Crippen molar-refractivity contribution < 1.29 is 17.9 Å². The summed E-state index contributed by atoms with van der Waals surface area (Å²) in [7, 11) is -3.20. The second-order valence-corrected chi connectivity index (χ2v) is 10.8. The summed E-state index contributed by atoms with van der Waals surface area (Å²) in [6, 6.07) is 4.80. The predicted molar refractivity (Wildman–Crippen MR) is 119 cm³/mol. The first-order chi connectivity index (χ1) is 14.3. The summed E-state index contributed by atoms with van der Waals surface area (Å²) in [5.41, 5.74) is 0.0244. The van der Waals surface area contributed by atoms with E-state index in [0.29, 0.717) is 68.0 Å². The van der Waals surface area contributed by atoms with Crippen molar-refractivity contribution in [3.05, 3.63) is 33.8 Å². The van der Waals surface area contributed by atoms with Crippen LogP contribution in [-0.4, -0.2) is 80.8 Å². The molecule has 2 heterocycles. The van der Waals surface area contributed by atoms with Crippen molar-refractivity contribution in [3.63, 3.8) is 0 Å². The van der Waals surface area contributed by atoms with Gasteiger partial charge in [0.25, 0.3) is 5.91 Å². The summed E-state index contributed by atoms with van der Waals surface area (Å²) in [6.45, 7) is 5.63. The van der Waals surface area contributed by atoms with Gasteiger partial charge in [-0.1, -0.05) is 30.1 Å². The molecular weight excluding hydrogens is 449 g/mol. The number of amides is 1. The van der Waals surface area contributed by atoms with Crippen molar-refractivity contribution >= 4 is 39.1 Å². The van der Waals surface area contributed by atoms with E-state index in [1.807, 2.05) is 6.92 Å². The molecule has 1 aromatic rings. The number of halogens is 2. The molecule has 1 N–H and O–H groups in total. The second kappa shape index (κ2) is 10.1. The van der Waals surface area contributed by atoms with Gasteiger partial charge in [-0.15, -0.1) is 0 Å². The summed E-state index contributed by atoms with van der Waals surface area (Å²) < 4.78 is 32.1. The normalized spacial score (nSPS) is 24.0. The van der Waals surface area contributed by atoms with E-state index < -0.39 is 10.0 Å². The van der Waals surface area contributed by atoms with E-state index in [4.69, 9.17) is 27.9 Å². The standard InChI is InChI=1S/C20H29Cl2N3O4S/c1-2-12-30(27,28)25-9-7-24(8-10-25)20(6-3-11-29-15-20)14-23-19(26)17-5-4-16(21)13-18(17)22/h4-5,13H,2-3,6-12,14-15H2,1H3,(H,23,26). The Kier molecular flexibility index (Phi) is 8.03. The van der Waals surface area contributed by atoms with Gasteiger partial charge in [-0.25, -0.2) is 8.42 Å². The summed E-state index contributed by atoms with van der Waals surface area (Å²) in [5, 5.41) is 3.79. The molecule has 168 valence electrons. The Balaban J connectivity index is 1.67. The topological polar surface area (TPSA) is 79.0 Å². The number of sulfonamides is 1. The van der Waals surface area contributed by atoms with Crippen molar-refractivity contribution in [1.82, 2.24) is 14.5 Å². The van der Waals surface area contributed by atoms with Gasteiger partial charge in [0.05, 0.1) is 28.5 Å². The predicted octanol–water partition coefficient (Wildman–Crippen LogP) is 2.63. The number of benzene rings is 1. The van der Waals surface area contributed by atoms with Gasteiger partial charge < -0.3 is 10.1 Å². The van der Waals surface area contributed by atoms with Gasteiger partial charge in [0.2, 0.25) is 10.0 Å². The number of ether oxygens (including phenoxy) is 1. The van der Waals surface area contributed by atoms with Crippen LogP contribution in [0.1, 0.15) is 36.5 Å². The zero-order valence-corrected chi connectivity index (χ0v) is 19.5. The van der Waals surface area contributed by atoms with Crippen molar-refractivity contribution in [1.29, 1.82) is 0 Å². The highest BCUT2D eigenvalue weighted by atomic mass is 35.5. The molecule has 2 fully saturated rings. The Hall–Kier alpha value is -0.900. The van der Waals surface area contributed by atoms with E-state index in [9.17, 15) is 13.2 Å². The quantitative estimate of drug-likeness (QED) is 0.652. The molecule has 1 aromatic carbocycles. The lowest BCUT2D eigenvalue weighted by molar-refractivity contribution is -0.0578. The molecule has 2 saturated heterocycles. The molecule has 0 bridgehead atoms. The van der Waals surface area contributed by atoms with E-state index in [0.717, 1.165) is 12.8 Å². The zero-order valence-electron chi connectivity index (χ0n) is 17.2. The summed E-state index contributed by atoms with van der Waals surface area (Å²) in [4.78, 5) is 15.0. The molecule has 0 spiro atoms. The first kappa shape index (κ1) is 23.8. The van der Waals surface area contributed by atoms with Crippen LogP contribution in [0.3, 0.4) is 0 Å². The lowest BCUT2D eigenvalue weighted by Gasteiger charge is -2.49. The highest BCUT2D eigenvalue weighted by Crippen LogP contribution is 2.28. The first-order valence-corrected chi connectivity index (χ1v) is 12.7. The van der Waals surface area contributed by atoms with Crippen LogP contribution < -0.4 is 5.32 Å². The highest BCUT2D eigenvalue weighted by Gasteiger charge is 2.41. The second-order valence-electron chi connectivity index (χ2n) is 7.89. The average Bonchev–Trinajstić information content (AvgIpc) is 2.73. The van der Waals surface area contributed by atoms with Crippen molar-refractivity contribution in [2.45, 2.75) is 31.7 Å². The van der Waals surface area contributed by atoms with Crippen molar-refractivity contribution in [2.24, 2.45) is 0 Å². The molecule has 0 aliphatic carbocycles. The third-order valence-corrected chi connectivity index (χ3v) is 8.44. The van der Waals surface area contributed by atoms with Gasteiger partial charge in [-0.3, -0.25) is 9.69 Å². The van der Waals surface area contributed by atoms with Crippen LogP contribution in [0.4, 0.5) is 0 Å². The van der Waals surface area contributed by atoms with Crippen LogP contribution in [0, 0.1) is 0 Å². The average molecular weight is 478 g/mol. The van der Waals surface area contributed by atoms with E-state index in [2.05, 4.69) is 10.2 Å². The van der Waals surface area contributed by atoms with Crippen LogP contribution in [-0.2, 0) is 14.8 Å². The fraction of sp³-hybridized carbons (Fsp3) is 0.650. The molecule has 10 heteroatoms. The van der Waals surface area contributed by atoms with Gasteiger partial charge in [-0.2, -0.15) is 4.31 Å². The highest BCUT2D eigenvalue weighted by molar-refractivity contribution is 7.89. The van der Waals surface area contributed by atoms with Crippen LogP contribution in [0.2, 0.25) is 10.0 Å². The number of rotatable bonds is 7. The van der Waals surface area contributed by atoms with Gasteiger partial charge >= 0.3 is 0 Å². The molecule has 1 unspecified atom stereocenters. The molecular formula is C20H29Cl2N3O4S. The molecule has 0 radical (unpaired) electrons. The number of hydrogen-bond donors (Lipinski definition) is 1. The Morgan fingerprint density at radius 2 is 1.97 bits per heavy atom. The smallest absolute Gasteiger partial charge is 0.252 e. The van der Waals surface area contributed by atoms with Gasteiger partial charge in [-0.05, 0) is 37.5 Å². The molecule has 7 nitrogen and oxygen atoms in total. The summed E-state index contributed by atoms with van der Waals surface area (Å²) in [5.74, 6) is -0.0788. The molecule has 3 rings (SSSR count). The third-order valence-electron chi connectivity index (χ3n) is 5.82. The third kappa shape index (κ3) is 5.47. The minimum Gasteiger partial charge on any atom is -0.379 e. The van der Waals surface area contributed by atoms with Crippen LogP contribution in [0.15, 0.2) is 18.2 Å². The number of nitrogens with zero attached hydrogens (tertiary/aromatic N) is 2. The van der Waals surface area contributed by atoms with Crippen LogP contribution in [0.25, 0.3) is 0 Å². The number of carbonyl (C=O) groups excluding carboxylic acids is 1. The fourth-order valence-corrected chi connectivity index (χ4v) is 6.17. The number of hydrogen-bond acceptors (Lipinski definition) is 5. The molecule has 0 aromatic heterocycles. The van der Waals surface area contributed by atoms with Crippen LogP contribution in [0.5, 0.6) is 0 Å².